The van der Waals surface area contributed by atoms with Crippen LogP contribution in [0.2, 0.25) is 0 Å². The Balaban J connectivity index is 2.42. The molecule has 1 N–H and O–H groups in total. The summed E-state index contributed by atoms with van der Waals surface area (Å²) in [7, 11) is 1.37. The minimum atomic E-state index is -4.89. The molecule has 0 fully saturated rings. The number of ether oxygens (including phenoxy) is 1. The third kappa shape index (κ3) is 3.09. The number of hydrogen-bond acceptors (Lipinski definition) is 5. The molecule has 0 aliphatic carbocycles. The van der Waals surface area contributed by atoms with Crippen molar-refractivity contribution < 1.29 is 27.8 Å². The molecule has 0 saturated carbocycles. The summed E-state index contributed by atoms with van der Waals surface area (Å²) in [4.78, 5) is 14.7. The van der Waals surface area contributed by atoms with Gasteiger partial charge in [0.2, 0.25) is 11.6 Å². The van der Waals surface area contributed by atoms with Gasteiger partial charge in [0.15, 0.2) is 5.69 Å². The lowest BCUT2D eigenvalue weighted by atomic mass is 10.3. The number of hydrogen-bond donors (Lipinski definition) is 1. The second kappa shape index (κ2) is 5.38. The maximum Gasteiger partial charge on any atom is 0.435 e. The SMILES string of the molecule is COc1cccc(Cn2nnc(C(=O)O)c2C(F)(F)F)n1. The number of aromatic carboxylic acids is 1. The van der Waals surface area contributed by atoms with Crippen LogP contribution >= 0.6 is 0 Å². The van der Waals surface area contributed by atoms with Crippen molar-refractivity contribution in [3.8, 4) is 5.88 Å². The molecular formula is C11H9F3N4O3. The van der Waals surface area contributed by atoms with Gasteiger partial charge in [0, 0.05) is 6.07 Å². The molecule has 0 unspecified atom stereocenters. The Morgan fingerprint density at radius 1 is 1.43 bits per heavy atom. The second-order valence-electron chi connectivity index (χ2n) is 3.92. The van der Waals surface area contributed by atoms with Gasteiger partial charge in [-0.1, -0.05) is 11.3 Å². The number of carboxylic acid groups (broad SMARTS) is 1. The van der Waals surface area contributed by atoms with Gasteiger partial charge in [-0.25, -0.2) is 14.5 Å². The fourth-order valence-corrected chi connectivity index (χ4v) is 1.66. The van der Waals surface area contributed by atoms with Crippen molar-refractivity contribution in [2.75, 3.05) is 7.11 Å². The van der Waals surface area contributed by atoms with Crippen LogP contribution < -0.4 is 4.74 Å². The Morgan fingerprint density at radius 3 is 2.71 bits per heavy atom. The molecule has 21 heavy (non-hydrogen) atoms. The average molecular weight is 302 g/mol. The number of nitrogens with zero attached hydrogens (tertiary/aromatic N) is 4. The predicted molar refractivity (Wildman–Crippen MR) is 61.9 cm³/mol. The molecule has 7 nitrogen and oxygen atoms in total. The van der Waals surface area contributed by atoms with Crippen molar-refractivity contribution >= 4 is 5.97 Å². The summed E-state index contributed by atoms with van der Waals surface area (Å²) in [5, 5.41) is 15.0. The lowest BCUT2D eigenvalue weighted by molar-refractivity contribution is -0.144. The van der Waals surface area contributed by atoms with E-state index in [0.717, 1.165) is 0 Å². The van der Waals surface area contributed by atoms with Gasteiger partial charge < -0.3 is 9.84 Å². The van der Waals surface area contributed by atoms with Gasteiger partial charge in [-0.2, -0.15) is 13.2 Å². The van der Waals surface area contributed by atoms with Crippen LogP contribution in [0, 0.1) is 0 Å². The highest BCUT2D eigenvalue weighted by Crippen LogP contribution is 2.31. The summed E-state index contributed by atoms with van der Waals surface area (Å²) in [5.41, 5.74) is -2.35. The fraction of sp³-hybridized carbons (Fsp3) is 0.273. The van der Waals surface area contributed by atoms with E-state index in [2.05, 4.69) is 15.3 Å². The van der Waals surface area contributed by atoms with E-state index in [1.54, 1.807) is 6.07 Å². The van der Waals surface area contributed by atoms with Crippen LogP contribution in [0.3, 0.4) is 0 Å². The first kappa shape index (κ1) is 14.8. The van der Waals surface area contributed by atoms with E-state index >= 15 is 0 Å². The Labute approximate surface area is 116 Å². The number of methoxy groups -OCH3 is 1. The van der Waals surface area contributed by atoms with Crippen molar-refractivity contribution in [3.63, 3.8) is 0 Å². The van der Waals surface area contributed by atoms with Crippen LogP contribution in [0.4, 0.5) is 13.2 Å². The van der Waals surface area contributed by atoms with E-state index in [9.17, 15) is 18.0 Å². The third-order valence-corrected chi connectivity index (χ3v) is 2.51. The van der Waals surface area contributed by atoms with Crippen molar-refractivity contribution in [2.24, 2.45) is 0 Å². The first-order chi connectivity index (χ1) is 9.82. The minimum Gasteiger partial charge on any atom is -0.481 e. The molecule has 0 aromatic carbocycles. The van der Waals surface area contributed by atoms with E-state index in [1.165, 1.54) is 19.2 Å². The number of halogens is 3. The molecule has 0 bridgehead atoms. The molecule has 0 saturated heterocycles. The predicted octanol–water partition coefficient (Wildman–Crippen LogP) is 1.45. The van der Waals surface area contributed by atoms with E-state index in [4.69, 9.17) is 9.84 Å². The molecule has 2 rings (SSSR count). The zero-order valence-corrected chi connectivity index (χ0v) is 10.6. The standard InChI is InChI=1S/C11H9F3N4O3/c1-21-7-4-2-3-6(15-7)5-18-9(11(12,13)14)8(10(19)20)16-17-18/h2-4H,5H2,1H3,(H,19,20). The molecule has 2 aromatic heterocycles. The Bertz CT molecular complexity index is 669. The highest BCUT2D eigenvalue weighted by atomic mass is 19.4. The highest BCUT2D eigenvalue weighted by molar-refractivity contribution is 5.86. The highest BCUT2D eigenvalue weighted by Gasteiger charge is 2.41. The number of carboxylic acids is 1. The van der Waals surface area contributed by atoms with Gasteiger partial charge in [-0.3, -0.25) is 0 Å². The number of rotatable bonds is 4. The van der Waals surface area contributed by atoms with E-state index in [-0.39, 0.29) is 18.1 Å². The quantitative estimate of drug-likeness (QED) is 0.919. The number of aromatic nitrogens is 4. The smallest absolute Gasteiger partial charge is 0.435 e. The zero-order chi connectivity index (χ0) is 15.6. The molecule has 2 heterocycles. The summed E-state index contributed by atoms with van der Waals surface area (Å²) in [5.74, 6) is -1.58. The van der Waals surface area contributed by atoms with Gasteiger partial charge in [0.25, 0.3) is 0 Å². The molecule has 0 aliphatic heterocycles. The Kier molecular flexibility index (Phi) is 3.78. The summed E-state index contributed by atoms with van der Waals surface area (Å²) in [6, 6.07) is 4.53. The Hall–Kier alpha value is -2.65. The van der Waals surface area contributed by atoms with Gasteiger partial charge in [0.05, 0.1) is 19.3 Å². The molecule has 0 aliphatic rings. The number of pyridine rings is 1. The molecule has 10 heteroatoms. The van der Waals surface area contributed by atoms with Gasteiger partial charge >= 0.3 is 12.1 Å². The molecule has 0 atom stereocenters. The maximum atomic E-state index is 12.9. The maximum absolute atomic E-state index is 12.9. The first-order valence-corrected chi connectivity index (χ1v) is 5.57. The number of carbonyl (C=O) groups is 1. The third-order valence-electron chi connectivity index (χ3n) is 2.51. The second-order valence-corrected chi connectivity index (χ2v) is 3.92. The van der Waals surface area contributed by atoms with Gasteiger partial charge in [-0.15, -0.1) is 5.10 Å². The summed E-state index contributed by atoms with van der Waals surface area (Å²) < 4.78 is 44.1. The molecular weight excluding hydrogens is 293 g/mol. The normalized spacial score (nSPS) is 11.4. The topological polar surface area (TPSA) is 90.1 Å². The fourth-order valence-electron chi connectivity index (χ4n) is 1.66. The van der Waals surface area contributed by atoms with E-state index in [0.29, 0.717) is 4.68 Å². The number of alkyl halides is 3. The summed E-state index contributed by atoms with van der Waals surface area (Å²) in [6.45, 7) is -0.383. The summed E-state index contributed by atoms with van der Waals surface area (Å²) in [6.07, 6.45) is -4.89. The van der Waals surface area contributed by atoms with Crippen molar-refractivity contribution in [3.05, 3.63) is 35.3 Å². The van der Waals surface area contributed by atoms with E-state index in [1.807, 2.05) is 0 Å². The van der Waals surface area contributed by atoms with Crippen LogP contribution in [0.25, 0.3) is 0 Å². The van der Waals surface area contributed by atoms with Crippen LogP contribution in [0.5, 0.6) is 5.88 Å². The largest absolute Gasteiger partial charge is 0.481 e. The molecule has 2 aromatic rings. The van der Waals surface area contributed by atoms with Crippen molar-refractivity contribution in [1.82, 2.24) is 20.0 Å². The lowest BCUT2D eigenvalue weighted by Gasteiger charge is -2.10. The van der Waals surface area contributed by atoms with Crippen LogP contribution in [-0.2, 0) is 12.7 Å². The minimum absolute atomic E-state index is 0.222. The monoisotopic (exact) mass is 302 g/mol. The molecule has 0 amide bonds. The summed E-state index contributed by atoms with van der Waals surface area (Å²) >= 11 is 0. The lowest BCUT2D eigenvalue weighted by Crippen LogP contribution is -2.19. The van der Waals surface area contributed by atoms with Crippen molar-refractivity contribution in [2.45, 2.75) is 12.7 Å². The molecule has 112 valence electrons. The average Bonchev–Trinajstić information content (AvgIpc) is 2.83. The van der Waals surface area contributed by atoms with Crippen LogP contribution in [0.1, 0.15) is 21.9 Å². The van der Waals surface area contributed by atoms with Crippen molar-refractivity contribution in [1.29, 1.82) is 0 Å². The van der Waals surface area contributed by atoms with Gasteiger partial charge in [0.1, 0.15) is 0 Å². The Morgan fingerprint density at radius 2 is 2.14 bits per heavy atom. The molecule has 0 radical (unpaired) electrons. The molecule has 0 spiro atoms. The zero-order valence-electron chi connectivity index (χ0n) is 10.6. The first-order valence-electron chi connectivity index (χ1n) is 5.57. The van der Waals surface area contributed by atoms with Crippen LogP contribution in [-0.4, -0.2) is 38.2 Å². The van der Waals surface area contributed by atoms with E-state index < -0.39 is 23.5 Å². The van der Waals surface area contributed by atoms with Crippen LogP contribution in [0.15, 0.2) is 18.2 Å². The van der Waals surface area contributed by atoms with Gasteiger partial charge in [-0.05, 0) is 6.07 Å².